The molecule has 0 radical (unpaired) electrons. The van der Waals surface area contributed by atoms with Crippen molar-refractivity contribution in [1.29, 1.82) is 0 Å². The highest BCUT2D eigenvalue weighted by atomic mass is 15.2. The quantitative estimate of drug-likeness (QED) is 0.735. The van der Waals surface area contributed by atoms with Crippen LogP contribution in [-0.4, -0.2) is 36.6 Å². The minimum atomic E-state index is 0.640. The van der Waals surface area contributed by atoms with E-state index < -0.39 is 0 Å². The van der Waals surface area contributed by atoms with Gasteiger partial charge in [-0.05, 0) is 52.1 Å². The van der Waals surface area contributed by atoms with Gasteiger partial charge in [0, 0.05) is 18.6 Å². The van der Waals surface area contributed by atoms with E-state index in [1.807, 2.05) is 0 Å². The number of hydrogen-bond donors (Lipinski definition) is 1. The van der Waals surface area contributed by atoms with Crippen molar-refractivity contribution in [3.8, 4) is 0 Å². The molecule has 1 aliphatic heterocycles. The molecule has 2 aliphatic rings. The van der Waals surface area contributed by atoms with Crippen molar-refractivity contribution in [2.45, 2.75) is 57.5 Å². The fraction of sp³-hybridized carbons (Fsp3) is 0.857. The van der Waals surface area contributed by atoms with Crippen molar-refractivity contribution in [2.75, 3.05) is 19.6 Å². The van der Waals surface area contributed by atoms with Crippen molar-refractivity contribution in [1.82, 2.24) is 10.2 Å². The molecule has 1 heterocycles. The van der Waals surface area contributed by atoms with Crippen LogP contribution in [0.25, 0.3) is 0 Å². The van der Waals surface area contributed by atoms with Crippen LogP contribution < -0.4 is 5.32 Å². The Kier molecular flexibility index (Phi) is 4.86. The van der Waals surface area contributed by atoms with E-state index >= 15 is 0 Å². The molecule has 2 heteroatoms. The molecule has 0 saturated carbocycles. The van der Waals surface area contributed by atoms with E-state index in [4.69, 9.17) is 0 Å². The third-order valence-electron chi connectivity index (χ3n) is 3.94. The predicted octanol–water partition coefficient (Wildman–Crippen LogP) is 2.56. The number of hydrogen-bond acceptors (Lipinski definition) is 2. The third-order valence-corrected chi connectivity index (χ3v) is 3.94. The minimum absolute atomic E-state index is 0.640. The summed E-state index contributed by atoms with van der Waals surface area (Å²) in [7, 11) is 0. The van der Waals surface area contributed by atoms with Crippen molar-refractivity contribution < 1.29 is 0 Å². The van der Waals surface area contributed by atoms with E-state index in [0.29, 0.717) is 12.1 Å². The molecule has 16 heavy (non-hydrogen) atoms. The molecular formula is C14H26N2. The molecule has 1 N–H and O–H groups in total. The Morgan fingerprint density at radius 1 is 1.25 bits per heavy atom. The molecule has 0 amide bonds. The normalized spacial score (nSPS) is 29.2. The number of likely N-dealkylation sites (tertiary alicyclic amines) is 1. The van der Waals surface area contributed by atoms with Crippen LogP contribution >= 0.6 is 0 Å². The Balaban J connectivity index is 1.67. The number of nitrogens with one attached hydrogen (secondary N) is 1. The summed E-state index contributed by atoms with van der Waals surface area (Å²) in [5, 5.41) is 3.69. The first-order chi connectivity index (χ1) is 7.86. The minimum Gasteiger partial charge on any atom is -0.309 e. The number of piperidine rings is 1. The van der Waals surface area contributed by atoms with E-state index in [9.17, 15) is 0 Å². The van der Waals surface area contributed by atoms with Gasteiger partial charge in [0.15, 0.2) is 0 Å². The van der Waals surface area contributed by atoms with Gasteiger partial charge in [-0.3, -0.25) is 4.90 Å². The van der Waals surface area contributed by atoms with E-state index in [-0.39, 0.29) is 0 Å². The third kappa shape index (κ3) is 3.60. The smallest absolute Gasteiger partial charge is 0.0250 e. The Morgan fingerprint density at radius 2 is 2.06 bits per heavy atom. The van der Waals surface area contributed by atoms with Gasteiger partial charge in [-0.2, -0.15) is 0 Å². The number of allylic oxidation sites excluding steroid dienone is 1. The largest absolute Gasteiger partial charge is 0.309 e. The molecule has 1 aliphatic carbocycles. The fourth-order valence-electron chi connectivity index (χ4n) is 2.79. The van der Waals surface area contributed by atoms with Crippen molar-refractivity contribution in [2.24, 2.45) is 0 Å². The Labute approximate surface area is 100 Å². The van der Waals surface area contributed by atoms with Crippen molar-refractivity contribution in [3.05, 3.63) is 12.2 Å². The first-order valence-corrected chi connectivity index (χ1v) is 7.00. The zero-order chi connectivity index (χ0) is 11.2. The van der Waals surface area contributed by atoms with Crippen molar-refractivity contribution >= 4 is 0 Å². The molecule has 2 atom stereocenters. The average Bonchev–Trinajstić information content (AvgIpc) is 2.38. The lowest BCUT2D eigenvalue weighted by molar-refractivity contribution is 0.169. The second-order valence-electron chi connectivity index (χ2n) is 5.32. The first kappa shape index (κ1) is 12.1. The summed E-state index contributed by atoms with van der Waals surface area (Å²) in [5.41, 5.74) is 0. The molecule has 0 aromatic heterocycles. The topological polar surface area (TPSA) is 15.3 Å². The van der Waals surface area contributed by atoms with Gasteiger partial charge >= 0.3 is 0 Å². The van der Waals surface area contributed by atoms with E-state index in [2.05, 4.69) is 29.3 Å². The van der Waals surface area contributed by atoms with Crippen LogP contribution in [0.15, 0.2) is 12.2 Å². The maximum Gasteiger partial charge on any atom is 0.0250 e. The molecular weight excluding hydrogens is 196 g/mol. The monoisotopic (exact) mass is 222 g/mol. The summed E-state index contributed by atoms with van der Waals surface area (Å²) < 4.78 is 0. The van der Waals surface area contributed by atoms with Crippen LogP contribution in [0.1, 0.15) is 45.4 Å². The molecule has 2 nitrogen and oxygen atoms in total. The summed E-state index contributed by atoms with van der Waals surface area (Å²) in [4.78, 5) is 2.64. The SMILES string of the molecule is CC(CNC1C=CCCC1)N1CCCCC1. The zero-order valence-corrected chi connectivity index (χ0v) is 10.6. The highest BCUT2D eigenvalue weighted by molar-refractivity contribution is 4.97. The summed E-state index contributed by atoms with van der Waals surface area (Å²) in [6, 6.07) is 1.34. The molecule has 0 aromatic rings. The fourth-order valence-corrected chi connectivity index (χ4v) is 2.79. The summed E-state index contributed by atoms with van der Waals surface area (Å²) in [6.45, 7) is 6.13. The van der Waals surface area contributed by atoms with Crippen LogP contribution in [0.5, 0.6) is 0 Å². The van der Waals surface area contributed by atoms with Crippen molar-refractivity contribution in [3.63, 3.8) is 0 Å². The number of rotatable bonds is 4. The molecule has 2 rings (SSSR count). The highest BCUT2D eigenvalue weighted by Crippen LogP contribution is 2.13. The zero-order valence-electron chi connectivity index (χ0n) is 10.6. The molecule has 1 fully saturated rings. The van der Waals surface area contributed by atoms with Crippen LogP contribution in [-0.2, 0) is 0 Å². The second-order valence-corrected chi connectivity index (χ2v) is 5.32. The Bertz CT molecular complexity index is 219. The molecule has 0 spiro atoms. The van der Waals surface area contributed by atoms with Gasteiger partial charge in [-0.15, -0.1) is 0 Å². The molecule has 1 saturated heterocycles. The Hall–Kier alpha value is -0.340. The summed E-state index contributed by atoms with van der Waals surface area (Å²) in [5.74, 6) is 0. The van der Waals surface area contributed by atoms with Gasteiger partial charge in [-0.1, -0.05) is 18.6 Å². The van der Waals surface area contributed by atoms with Crippen LogP contribution in [0, 0.1) is 0 Å². The second kappa shape index (κ2) is 6.41. The highest BCUT2D eigenvalue weighted by Gasteiger charge is 2.17. The lowest BCUT2D eigenvalue weighted by atomic mass is 10.0. The number of nitrogens with zero attached hydrogens (tertiary/aromatic N) is 1. The lowest BCUT2D eigenvalue weighted by Gasteiger charge is -2.33. The first-order valence-electron chi connectivity index (χ1n) is 7.00. The van der Waals surface area contributed by atoms with Gasteiger partial charge in [0.25, 0.3) is 0 Å². The lowest BCUT2D eigenvalue weighted by Crippen LogP contribution is -2.45. The summed E-state index contributed by atoms with van der Waals surface area (Å²) in [6.07, 6.45) is 12.9. The van der Waals surface area contributed by atoms with E-state index in [1.54, 1.807) is 0 Å². The molecule has 0 aromatic carbocycles. The van der Waals surface area contributed by atoms with Crippen LogP contribution in [0.4, 0.5) is 0 Å². The molecule has 0 bridgehead atoms. The maximum atomic E-state index is 3.69. The van der Waals surface area contributed by atoms with Crippen LogP contribution in [0.3, 0.4) is 0 Å². The van der Waals surface area contributed by atoms with Gasteiger partial charge < -0.3 is 5.32 Å². The maximum absolute atomic E-state index is 3.69. The summed E-state index contributed by atoms with van der Waals surface area (Å²) >= 11 is 0. The van der Waals surface area contributed by atoms with Crippen LogP contribution in [0.2, 0.25) is 0 Å². The molecule has 2 unspecified atom stereocenters. The average molecular weight is 222 g/mol. The standard InChI is InChI=1S/C14H26N2/c1-13(16-10-6-3-7-11-16)12-15-14-8-4-2-5-9-14/h4,8,13-15H,2-3,5-7,9-12H2,1H3. The van der Waals surface area contributed by atoms with E-state index in [1.165, 1.54) is 51.6 Å². The predicted molar refractivity (Wildman–Crippen MR) is 69.7 cm³/mol. The molecule has 92 valence electrons. The van der Waals surface area contributed by atoms with Gasteiger partial charge in [0.1, 0.15) is 0 Å². The van der Waals surface area contributed by atoms with Gasteiger partial charge in [-0.25, -0.2) is 0 Å². The van der Waals surface area contributed by atoms with E-state index in [0.717, 1.165) is 6.54 Å². The Morgan fingerprint density at radius 3 is 2.75 bits per heavy atom. The van der Waals surface area contributed by atoms with Gasteiger partial charge in [0.05, 0.1) is 0 Å². The van der Waals surface area contributed by atoms with Gasteiger partial charge in [0.2, 0.25) is 0 Å².